The monoisotopic (exact) mass is 401 g/mol. The van der Waals surface area contributed by atoms with E-state index in [0.29, 0.717) is 12.2 Å². The number of hydrogen-bond acceptors (Lipinski definition) is 6. The van der Waals surface area contributed by atoms with E-state index < -0.39 is 30.4 Å². The Bertz CT molecular complexity index is 892. The molecule has 154 valence electrons. The number of likely N-dealkylation sites (N-methyl/N-ethyl adjacent to an activating group) is 1. The number of hydrogen-bond donors (Lipinski definition) is 3. The summed E-state index contributed by atoms with van der Waals surface area (Å²) in [6, 6.07) is 6.98. The first-order valence-electron chi connectivity index (χ1n) is 9.01. The number of carbonyl (C=O) groups is 4. The van der Waals surface area contributed by atoms with Crippen LogP contribution in [-0.2, 0) is 14.3 Å². The summed E-state index contributed by atoms with van der Waals surface area (Å²) in [5.41, 5.74) is 1.31. The molecule has 0 fully saturated rings. The molecule has 9 heteroatoms. The van der Waals surface area contributed by atoms with Gasteiger partial charge in [-0.2, -0.15) is 0 Å². The van der Waals surface area contributed by atoms with Crippen molar-refractivity contribution >= 4 is 29.4 Å². The topological polar surface area (TPSA) is 127 Å². The van der Waals surface area contributed by atoms with Crippen molar-refractivity contribution in [1.82, 2.24) is 10.6 Å². The molecule has 0 aliphatic rings. The van der Waals surface area contributed by atoms with Crippen LogP contribution in [-0.4, -0.2) is 42.9 Å². The maximum Gasteiger partial charge on any atom is 0.338 e. The highest BCUT2D eigenvalue weighted by Crippen LogP contribution is 2.19. The number of carbonyl (C=O) groups excluding carboxylic acids is 4. The molecule has 0 aliphatic heterocycles. The molecule has 0 saturated heterocycles. The first-order chi connectivity index (χ1) is 13.8. The average molecular weight is 401 g/mol. The van der Waals surface area contributed by atoms with Crippen LogP contribution in [0.1, 0.15) is 40.3 Å². The third kappa shape index (κ3) is 6.20. The van der Waals surface area contributed by atoms with Crippen LogP contribution in [0.4, 0.5) is 5.69 Å². The van der Waals surface area contributed by atoms with Crippen LogP contribution in [0.3, 0.4) is 0 Å². The van der Waals surface area contributed by atoms with Crippen molar-refractivity contribution in [3.8, 4) is 0 Å². The molecule has 0 bridgehead atoms. The van der Waals surface area contributed by atoms with Gasteiger partial charge in [-0.1, -0.05) is 6.07 Å². The van der Waals surface area contributed by atoms with Gasteiger partial charge in [0.1, 0.15) is 6.04 Å². The van der Waals surface area contributed by atoms with Crippen molar-refractivity contribution in [2.24, 2.45) is 0 Å². The summed E-state index contributed by atoms with van der Waals surface area (Å²) in [5, 5.41) is 7.67. The van der Waals surface area contributed by atoms with Crippen molar-refractivity contribution in [2.75, 3.05) is 18.5 Å². The summed E-state index contributed by atoms with van der Waals surface area (Å²) in [6.07, 6.45) is 1.38. The Morgan fingerprint density at radius 2 is 1.93 bits per heavy atom. The van der Waals surface area contributed by atoms with Crippen LogP contribution in [0.25, 0.3) is 0 Å². The second-order valence-electron chi connectivity index (χ2n) is 6.22. The van der Waals surface area contributed by atoms with E-state index in [1.54, 1.807) is 26.0 Å². The number of ether oxygens (including phenoxy) is 1. The zero-order chi connectivity index (χ0) is 21.4. The molecular weight excluding hydrogens is 378 g/mol. The van der Waals surface area contributed by atoms with Crippen molar-refractivity contribution in [2.45, 2.75) is 26.8 Å². The highest BCUT2D eigenvalue weighted by atomic mass is 16.5. The third-order valence-electron chi connectivity index (χ3n) is 3.92. The van der Waals surface area contributed by atoms with Crippen LogP contribution < -0.4 is 16.0 Å². The highest BCUT2D eigenvalue weighted by Gasteiger charge is 2.17. The van der Waals surface area contributed by atoms with E-state index in [1.807, 2.05) is 0 Å². The number of rotatable bonds is 8. The molecule has 2 rings (SSSR count). The van der Waals surface area contributed by atoms with Gasteiger partial charge in [0.25, 0.3) is 11.8 Å². The number of anilines is 1. The molecule has 3 N–H and O–H groups in total. The molecule has 1 heterocycles. The van der Waals surface area contributed by atoms with E-state index in [9.17, 15) is 19.2 Å². The van der Waals surface area contributed by atoms with Crippen molar-refractivity contribution in [3.05, 3.63) is 53.5 Å². The molecule has 2 aromatic rings. The highest BCUT2D eigenvalue weighted by molar-refractivity contribution is 6.03. The minimum atomic E-state index is -0.746. The Hall–Kier alpha value is -3.62. The average Bonchev–Trinajstić information content (AvgIpc) is 3.23. The van der Waals surface area contributed by atoms with Crippen molar-refractivity contribution < 1.29 is 28.3 Å². The predicted octanol–water partition coefficient (Wildman–Crippen LogP) is 1.64. The number of furan rings is 1. The molecule has 1 aromatic heterocycles. The van der Waals surface area contributed by atoms with E-state index in [1.165, 1.54) is 31.4 Å². The van der Waals surface area contributed by atoms with E-state index in [0.717, 1.165) is 5.56 Å². The molecule has 1 atom stereocenters. The molecular formula is C20H23N3O6. The first-order valence-corrected chi connectivity index (χ1v) is 9.01. The van der Waals surface area contributed by atoms with Crippen LogP contribution in [0.15, 0.2) is 41.0 Å². The molecule has 0 saturated carbocycles. The fourth-order valence-electron chi connectivity index (χ4n) is 2.37. The van der Waals surface area contributed by atoms with Crippen LogP contribution in [0.2, 0.25) is 0 Å². The van der Waals surface area contributed by atoms with Crippen LogP contribution >= 0.6 is 0 Å². The van der Waals surface area contributed by atoms with Gasteiger partial charge in [0, 0.05) is 12.2 Å². The Balaban J connectivity index is 1.94. The van der Waals surface area contributed by atoms with Gasteiger partial charge in [0.05, 0.1) is 11.8 Å². The number of esters is 1. The van der Waals surface area contributed by atoms with Gasteiger partial charge in [0.15, 0.2) is 12.4 Å². The van der Waals surface area contributed by atoms with E-state index in [2.05, 4.69) is 16.0 Å². The van der Waals surface area contributed by atoms with Crippen LogP contribution in [0, 0.1) is 6.92 Å². The molecule has 0 radical (unpaired) electrons. The Morgan fingerprint density at radius 3 is 2.59 bits per heavy atom. The smallest absolute Gasteiger partial charge is 0.338 e. The normalized spacial score (nSPS) is 11.3. The summed E-state index contributed by atoms with van der Waals surface area (Å²) in [4.78, 5) is 47.8. The fraction of sp³-hybridized carbons (Fsp3) is 0.300. The summed E-state index contributed by atoms with van der Waals surface area (Å²) in [5.74, 6) is -1.99. The lowest BCUT2D eigenvalue weighted by molar-refractivity contribution is -0.130. The minimum Gasteiger partial charge on any atom is -0.459 e. The van der Waals surface area contributed by atoms with Gasteiger partial charge >= 0.3 is 5.97 Å². The summed E-state index contributed by atoms with van der Waals surface area (Å²) in [7, 11) is 0. The standard InChI is InChI=1S/C20H23N3O6/c1-4-21-18(25)13(3)22-17(24)11-29-20(27)14-8-7-12(2)15(10-14)23-19(26)16-6-5-9-28-16/h5-10,13H,4,11H2,1-3H3,(H,21,25)(H,22,24)(H,23,26)/t13-/m1/s1. The van der Waals surface area contributed by atoms with Crippen LogP contribution in [0.5, 0.6) is 0 Å². The largest absolute Gasteiger partial charge is 0.459 e. The molecule has 0 unspecified atom stereocenters. The van der Waals surface area contributed by atoms with Gasteiger partial charge in [-0.05, 0) is 50.6 Å². The number of amides is 3. The molecule has 1 aromatic carbocycles. The molecule has 29 heavy (non-hydrogen) atoms. The maximum atomic E-state index is 12.2. The molecule has 3 amide bonds. The fourth-order valence-corrected chi connectivity index (χ4v) is 2.37. The third-order valence-corrected chi connectivity index (χ3v) is 3.92. The van der Waals surface area contributed by atoms with Crippen molar-refractivity contribution in [3.63, 3.8) is 0 Å². The number of nitrogens with one attached hydrogen (secondary N) is 3. The Kier molecular flexibility index (Phi) is 7.53. The molecule has 9 nitrogen and oxygen atoms in total. The lowest BCUT2D eigenvalue weighted by Gasteiger charge is -2.13. The van der Waals surface area contributed by atoms with E-state index >= 15 is 0 Å². The Morgan fingerprint density at radius 1 is 1.17 bits per heavy atom. The summed E-state index contributed by atoms with van der Waals surface area (Å²) in [6.45, 7) is 4.97. The number of benzene rings is 1. The van der Waals surface area contributed by atoms with Gasteiger partial charge < -0.3 is 25.1 Å². The quantitative estimate of drug-likeness (QED) is 0.577. The predicted molar refractivity (Wildman–Crippen MR) is 104 cm³/mol. The van der Waals surface area contributed by atoms with Gasteiger partial charge in [-0.3, -0.25) is 14.4 Å². The van der Waals surface area contributed by atoms with Gasteiger partial charge in [-0.25, -0.2) is 4.79 Å². The molecule has 0 aliphatic carbocycles. The molecule has 0 spiro atoms. The zero-order valence-electron chi connectivity index (χ0n) is 16.4. The summed E-state index contributed by atoms with van der Waals surface area (Å²) >= 11 is 0. The zero-order valence-corrected chi connectivity index (χ0v) is 16.4. The first kappa shape index (κ1) is 21.7. The second-order valence-corrected chi connectivity index (χ2v) is 6.22. The lowest BCUT2D eigenvalue weighted by Crippen LogP contribution is -2.46. The van der Waals surface area contributed by atoms with Gasteiger partial charge in [0.2, 0.25) is 5.91 Å². The van der Waals surface area contributed by atoms with E-state index in [4.69, 9.17) is 9.15 Å². The lowest BCUT2D eigenvalue weighted by atomic mass is 10.1. The van der Waals surface area contributed by atoms with Gasteiger partial charge in [-0.15, -0.1) is 0 Å². The second kappa shape index (κ2) is 10.1. The minimum absolute atomic E-state index is 0.135. The summed E-state index contributed by atoms with van der Waals surface area (Å²) < 4.78 is 10.0. The SMILES string of the molecule is CCNC(=O)[C@@H](C)NC(=O)COC(=O)c1ccc(C)c(NC(=O)c2ccco2)c1. The van der Waals surface area contributed by atoms with Crippen molar-refractivity contribution in [1.29, 1.82) is 0 Å². The Labute approximate surface area is 167 Å². The number of aryl methyl sites for hydroxylation is 1. The maximum absolute atomic E-state index is 12.2. The van der Waals surface area contributed by atoms with E-state index in [-0.39, 0.29) is 17.2 Å².